The molecule has 1 saturated heterocycles. The van der Waals surface area contributed by atoms with Gasteiger partial charge in [0.15, 0.2) is 18.2 Å². The molecule has 8 heteroatoms. The van der Waals surface area contributed by atoms with Crippen molar-refractivity contribution < 1.29 is 18.7 Å². The Kier molecular flexibility index (Phi) is 5.73. The highest BCUT2D eigenvalue weighted by atomic mass is 19.1. The standard InChI is InChI=1S/C17H19FN4O3/c18-12-3-1-2-4-15(12)25-10-17(23)22-13-6-8-24-9-14(13)21-16-5-7-19-11-20-16/h1-5,7,11,13-14H,6,8-10H2,(H,22,23)(H,19,20,21)/t13-,14+/m0/s1. The molecule has 3 rings (SSSR count). The van der Waals surface area contributed by atoms with Gasteiger partial charge in [-0.15, -0.1) is 0 Å². The van der Waals surface area contributed by atoms with E-state index in [-0.39, 0.29) is 30.3 Å². The first kappa shape index (κ1) is 17.1. The summed E-state index contributed by atoms with van der Waals surface area (Å²) in [6.45, 7) is 0.753. The van der Waals surface area contributed by atoms with Gasteiger partial charge in [0.2, 0.25) is 0 Å². The van der Waals surface area contributed by atoms with E-state index in [9.17, 15) is 9.18 Å². The lowest BCUT2D eigenvalue weighted by molar-refractivity contribution is -0.124. The van der Waals surface area contributed by atoms with E-state index >= 15 is 0 Å². The van der Waals surface area contributed by atoms with E-state index in [1.165, 1.54) is 18.5 Å². The Hall–Kier alpha value is -2.74. The number of hydrogen-bond donors (Lipinski definition) is 2. The Balaban J connectivity index is 1.54. The molecule has 0 spiro atoms. The van der Waals surface area contributed by atoms with Crippen LogP contribution in [0, 0.1) is 5.82 Å². The molecule has 1 aromatic carbocycles. The van der Waals surface area contributed by atoms with Gasteiger partial charge < -0.3 is 20.1 Å². The molecule has 7 nitrogen and oxygen atoms in total. The number of hydrogen-bond acceptors (Lipinski definition) is 6. The summed E-state index contributed by atoms with van der Waals surface area (Å²) >= 11 is 0. The Morgan fingerprint density at radius 3 is 3.00 bits per heavy atom. The lowest BCUT2D eigenvalue weighted by atomic mass is 10.0. The number of aromatic nitrogens is 2. The third-order valence-corrected chi connectivity index (χ3v) is 3.81. The van der Waals surface area contributed by atoms with E-state index in [1.54, 1.807) is 24.4 Å². The first-order valence-corrected chi connectivity index (χ1v) is 7.99. The summed E-state index contributed by atoms with van der Waals surface area (Å²) in [5.74, 6) is -0.0954. The van der Waals surface area contributed by atoms with Crippen LogP contribution in [-0.4, -0.2) is 47.8 Å². The van der Waals surface area contributed by atoms with Crippen LogP contribution in [-0.2, 0) is 9.53 Å². The minimum Gasteiger partial charge on any atom is -0.481 e. The number of nitrogens with zero attached hydrogens (tertiary/aromatic N) is 2. The second-order valence-electron chi connectivity index (χ2n) is 5.60. The van der Waals surface area contributed by atoms with Gasteiger partial charge in [0.1, 0.15) is 12.1 Å². The van der Waals surface area contributed by atoms with Crippen LogP contribution in [0.3, 0.4) is 0 Å². The van der Waals surface area contributed by atoms with E-state index in [4.69, 9.17) is 9.47 Å². The van der Waals surface area contributed by atoms with Crippen LogP contribution in [0.5, 0.6) is 5.75 Å². The molecule has 132 valence electrons. The Bertz CT molecular complexity index is 701. The molecule has 25 heavy (non-hydrogen) atoms. The lowest BCUT2D eigenvalue weighted by Gasteiger charge is -2.33. The monoisotopic (exact) mass is 346 g/mol. The van der Waals surface area contributed by atoms with E-state index in [0.717, 1.165) is 0 Å². The summed E-state index contributed by atoms with van der Waals surface area (Å²) in [5.41, 5.74) is 0. The van der Waals surface area contributed by atoms with E-state index < -0.39 is 5.82 Å². The molecule has 0 bridgehead atoms. The van der Waals surface area contributed by atoms with E-state index in [0.29, 0.717) is 25.5 Å². The minimum absolute atomic E-state index is 0.0558. The zero-order valence-electron chi connectivity index (χ0n) is 13.5. The number of benzene rings is 1. The maximum Gasteiger partial charge on any atom is 0.258 e. The van der Waals surface area contributed by atoms with E-state index in [2.05, 4.69) is 20.6 Å². The molecular formula is C17H19FN4O3. The molecule has 2 heterocycles. The average Bonchev–Trinajstić information content (AvgIpc) is 2.64. The zero-order valence-corrected chi connectivity index (χ0v) is 13.5. The van der Waals surface area contributed by atoms with Crippen molar-refractivity contribution in [2.75, 3.05) is 25.1 Å². The SMILES string of the molecule is O=C(COc1ccccc1F)N[C@H]1CCOC[C@H]1Nc1ccncn1. The summed E-state index contributed by atoms with van der Waals surface area (Å²) in [5, 5.41) is 6.13. The molecular weight excluding hydrogens is 327 g/mol. The first-order chi connectivity index (χ1) is 12.2. The van der Waals surface area contributed by atoms with Crippen LogP contribution < -0.4 is 15.4 Å². The fourth-order valence-corrected chi connectivity index (χ4v) is 2.57. The van der Waals surface area contributed by atoms with E-state index in [1.807, 2.05) is 0 Å². The van der Waals surface area contributed by atoms with Crippen molar-refractivity contribution in [3.63, 3.8) is 0 Å². The highest BCUT2D eigenvalue weighted by Crippen LogP contribution is 2.16. The summed E-state index contributed by atoms with van der Waals surface area (Å²) in [6.07, 6.45) is 3.74. The molecule has 2 aromatic rings. The summed E-state index contributed by atoms with van der Waals surface area (Å²) in [4.78, 5) is 20.1. The van der Waals surface area contributed by atoms with Gasteiger partial charge in [-0.05, 0) is 24.6 Å². The third-order valence-electron chi connectivity index (χ3n) is 3.81. The predicted molar refractivity (Wildman–Crippen MR) is 88.7 cm³/mol. The third kappa shape index (κ3) is 4.87. The van der Waals surface area contributed by atoms with Gasteiger partial charge in [-0.3, -0.25) is 4.79 Å². The predicted octanol–water partition coefficient (Wildman–Crippen LogP) is 1.38. The van der Waals surface area contributed by atoms with Gasteiger partial charge in [-0.2, -0.15) is 0 Å². The van der Waals surface area contributed by atoms with Gasteiger partial charge in [0, 0.05) is 12.8 Å². The Morgan fingerprint density at radius 1 is 1.32 bits per heavy atom. The number of para-hydroxylation sites is 1. The van der Waals surface area contributed by atoms with Crippen LogP contribution in [0.2, 0.25) is 0 Å². The van der Waals surface area contributed by atoms with Gasteiger partial charge in [0.25, 0.3) is 5.91 Å². The number of amides is 1. The molecule has 1 fully saturated rings. The highest BCUT2D eigenvalue weighted by molar-refractivity contribution is 5.78. The molecule has 1 aliphatic rings. The molecule has 2 N–H and O–H groups in total. The first-order valence-electron chi connectivity index (χ1n) is 7.99. The van der Waals surface area contributed by atoms with Crippen molar-refractivity contribution in [2.45, 2.75) is 18.5 Å². The Morgan fingerprint density at radius 2 is 2.20 bits per heavy atom. The fourth-order valence-electron chi connectivity index (χ4n) is 2.57. The van der Waals surface area contributed by atoms with Crippen molar-refractivity contribution in [1.82, 2.24) is 15.3 Å². The van der Waals surface area contributed by atoms with Crippen LogP contribution >= 0.6 is 0 Å². The molecule has 0 aliphatic carbocycles. The fraction of sp³-hybridized carbons (Fsp3) is 0.353. The van der Waals surface area contributed by atoms with Gasteiger partial charge in [0.05, 0.1) is 18.7 Å². The Labute approximate surface area is 144 Å². The molecule has 0 saturated carbocycles. The summed E-state index contributed by atoms with van der Waals surface area (Å²) < 4.78 is 24.2. The molecule has 1 amide bonds. The quantitative estimate of drug-likeness (QED) is 0.822. The number of carbonyl (C=O) groups is 1. The average molecular weight is 346 g/mol. The van der Waals surface area contributed by atoms with Crippen molar-refractivity contribution in [2.24, 2.45) is 0 Å². The van der Waals surface area contributed by atoms with Gasteiger partial charge >= 0.3 is 0 Å². The molecule has 2 atom stereocenters. The van der Waals surface area contributed by atoms with Crippen LogP contribution in [0.1, 0.15) is 6.42 Å². The summed E-state index contributed by atoms with van der Waals surface area (Å²) in [7, 11) is 0. The maximum atomic E-state index is 13.5. The van der Waals surface area contributed by atoms with Crippen molar-refractivity contribution >= 4 is 11.7 Å². The number of halogens is 1. The number of carbonyl (C=O) groups excluding carboxylic acids is 1. The van der Waals surface area contributed by atoms with Crippen LogP contribution in [0.25, 0.3) is 0 Å². The van der Waals surface area contributed by atoms with Gasteiger partial charge in [-0.25, -0.2) is 14.4 Å². The topological polar surface area (TPSA) is 85.4 Å². The van der Waals surface area contributed by atoms with Crippen molar-refractivity contribution in [3.05, 3.63) is 48.7 Å². The smallest absolute Gasteiger partial charge is 0.258 e. The van der Waals surface area contributed by atoms with Crippen molar-refractivity contribution in [1.29, 1.82) is 0 Å². The number of rotatable bonds is 6. The van der Waals surface area contributed by atoms with Crippen molar-refractivity contribution in [3.8, 4) is 5.75 Å². The highest BCUT2D eigenvalue weighted by Gasteiger charge is 2.27. The second-order valence-corrected chi connectivity index (χ2v) is 5.60. The van der Waals surface area contributed by atoms with Crippen LogP contribution in [0.15, 0.2) is 42.9 Å². The maximum absolute atomic E-state index is 13.5. The van der Waals surface area contributed by atoms with Crippen LogP contribution in [0.4, 0.5) is 10.2 Å². The second kappa shape index (κ2) is 8.39. The number of nitrogens with one attached hydrogen (secondary N) is 2. The molecule has 1 aromatic heterocycles. The minimum atomic E-state index is -0.496. The molecule has 0 radical (unpaired) electrons. The zero-order chi connectivity index (χ0) is 17.5. The largest absolute Gasteiger partial charge is 0.481 e. The summed E-state index contributed by atoms with van der Waals surface area (Å²) in [6, 6.07) is 7.46. The number of ether oxygens (including phenoxy) is 2. The lowest BCUT2D eigenvalue weighted by Crippen LogP contribution is -2.53. The molecule has 1 aliphatic heterocycles. The normalized spacial score (nSPS) is 19.9. The molecule has 0 unspecified atom stereocenters. The number of anilines is 1. The van der Waals surface area contributed by atoms with Gasteiger partial charge in [-0.1, -0.05) is 12.1 Å².